The minimum atomic E-state index is -0.494. The summed E-state index contributed by atoms with van der Waals surface area (Å²) in [5.74, 6) is 2.80. The number of rotatable bonds is 17. The molecule has 0 atom stereocenters. The van der Waals surface area contributed by atoms with Gasteiger partial charge in [0.05, 0.1) is 41.7 Å². The van der Waals surface area contributed by atoms with Gasteiger partial charge in [0.15, 0.2) is 23.3 Å². The van der Waals surface area contributed by atoms with Gasteiger partial charge in [0, 0.05) is 87.1 Å². The minimum Gasteiger partial charge on any atom is -0.395 e. The molecule has 1 fully saturated rings. The van der Waals surface area contributed by atoms with Crippen LogP contribution in [0.1, 0.15) is 80.8 Å². The third kappa shape index (κ3) is 21.5. The van der Waals surface area contributed by atoms with Crippen LogP contribution >= 0.6 is 23.2 Å². The fraction of sp³-hybridized carbons (Fsp3) is 0.181. The van der Waals surface area contributed by atoms with Crippen LogP contribution in [0.15, 0.2) is 171 Å². The molecule has 536 valence electrons. The number of aryl methyl sites for hydroxylation is 5. The molecule has 106 heavy (non-hydrogen) atoms. The third-order valence-electron chi connectivity index (χ3n) is 14.6. The average molecular weight is 1470 g/mol. The fourth-order valence-corrected chi connectivity index (χ4v) is 10.1. The number of aromatic nitrogens is 18. The van der Waals surface area contributed by atoms with E-state index in [-0.39, 0.29) is 64.6 Å². The van der Waals surface area contributed by atoms with Crippen molar-refractivity contribution in [3.8, 4) is 46.1 Å². The molecule has 1 aliphatic rings. The number of hydrogen-bond acceptors (Lipinski definition) is 27. The van der Waals surface area contributed by atoms with Gasteiger partial charge in [-0.1, -0.05) is 47.5 Å². The number of pyridine rings is 6. The first-order valence-electron chi connectivity index (χ1n) is 32.4. The molecule has 2 aromatic carbocycles. The Morgan fingerprint density at radius 1 is 0.443 bits per heavy atom. The highest BCUT2D eigenvalue weighted by Gasteiger charge is 2.21. The Kier molecular flexibility index (Phi) is 26.1. The molecule has 1 aliphatic heterocycles. The molecule has 1 saturated heterocycles. The molecule has 5 amide bonds. The standard InChI is InChI=1S/C20H20N6O2.C19H17ClN6O2.C17H17N7O2.C16H13ClN6O/c1-14-22-18(17-4-2-3-9-21-17)24-20(23-14)25-19(27)15-5-7-16(8-6-15)26-10-12-28-13-11-26;1-11-22-16(15-6-4-5-9-21-15)24-19(23-11)25-17(27)13-8-7-12(10-14(13)20)18(28)26(2)3;1-11-21-15(13-4-2-3-6-18-13)23-17(22-11)24-16(26)12-5-7-19-14(10-12)20-8-9-25;1-9-11(6-7-13(17)19-9)15(24)23-16-21-10(2)20-14(22-16)12-5-3-4-8-18-12/h2-9H,10-13H2,1H3,(H,22,23,24,25,27);4-10H,1-3H3,(H,22,23,24,25,27);2-7,10,25H,8-9H2,1H3,(H,19,20)(H,21,22,23,24,26);3-8H,1-2H3,(H,20,21,22,23,24). The zero-order valence-corrected chi connectivity index (χ0v) is 59.5. The van der Waals surface area contributed by atoms with Gasteiger partial charge < -0.3 is 25.0 Å². The van der Waals surface area contributed by atoms with Gasteiger partial charge in [0.2, 0.25) is 23.8 Å². The molecule has 0 bridgehead atoms. The molecular weight excluding hydrogens is 1400 g/mol. The highest BCUT2D eigenvalue weighted by Crippen LogP contribution is 2.24. The lowest BCUT2D eigenvalue weighted by molar-refractivity contribution is 0.0826. The lowest BCUT2D eigenvalue weighted by Crippen LogP contribution is -2.36. The summed E-state index contributed by atoms with van der Waals surface area (Å²) in [6, 6.07) is 40.0. The molecule has 11 heterocycles. The summed E-state index contributed by atoms with van der Waals surface area (Å²) in [5, 5.41) is 22.9. The predicted molar refractivity (Wildman–Crippen MR) is 396 cm³/mol. The van der Waals surface area contributed by atoms with Crippen molar-refractivity contribution in [1.82, 2.24) is 94.6 Å². The first kappa shape index (κ1) is 75.5. The van der Waals surface area contributed by atoms with Gasteiger partial charge in [-0.05, 0) is 150 Å². The molecule has 0 aliphatic carbocycles. The van der Waals surface area contributed by atoms with Crippen molar-refractivity contribution in [2.45, 2.75) is 34.6 Å². The Labute approximate surface area is 616 Å². The highest BCUT2D eigenvalue weighted by molar-refractivity contribution is 6.34. The summed E-state index contributed by atoms with van der Waals surface area (Å²) >= 11 is 12.0. The predicted octanol–water partition coefficient (Wildman–Crippen LogP) is 9.33. The summed E-state index contributed by atoms with van der Waals surface area (Å²) in [5.41, 5.74) is 5.89. The zero-order valence-electron chi connectivity index (χ0n) is 58.0. The number of ether oxygens (including phenoxy) is 1. The Balaban J connectivity index is 0.000000151. The van der Waals surface area contributed by atoms with E-state index in [1.54, 1.807) is 152 Å². The van der Waals surface area contributed by atoms with Crippen molar-refractivity contribution in [2.75, 3.05) is 85.0 Å². The number of halogens is 2. The average Bonchev–Trinajstić information content (AvgIpc) is 0.838. The van der Waals surface area contributed by atoms with Crippen LogP contribution in [0.25, 0.3) is 46.1 Å². The molecule has 34 heteroatoms. The third-order valence-corrected chi connectivity index (χ3v) is 15.1. The Bertz CT molecular complexity index is 5060. The topological polar surface area (TPSA) is 413 Å². The summed E-state index contributed by atoms with van der Waals surface area (Å²) < 4.78 is 5.37. The van der Waals surface area contributed by atoms with E-state index in [1.165, 1.54) is 23.2 Å². The maximum absolute atomic E-state index is 12.6. The summed E-state index contributed by atoms with van der Waals surface area (Å²) in [6.07, 6.45) is 8.10. The smallest absolute Gasteiger partial charge is 0.259 e. The molecule has 6 N–H and O–H groups in total. The lowest BCUT2D eigenvalue weighted by atomic mass is 10.1. The number of nitrogens with zero attached hydrogens (tertiary/aromatic N) is 20. The van der Waals surface area contributed by atoms with Crippen LogP contribution in [0, 0.1) is 34.6 Å². The van der Waals surface area contributed by atoms with E-state index in [0.717, 1.165) is 32.0 Å². The fourth-order valence-electron chi connectivity index (χ4n) is 9.63. The highest BCUT2D eigenvalue weighted by atomic mass is 35.5. The van der Waals surface area contributed by atoms with Gasteiger partial charge in [0.1, 0.15) is 57.0 Å². The van der Waals surface area contributed by atoms with Crippen LogP contribution in [-0.4, -0.2) is 183 Å². The van der Waals surface area contributed by atoms with E-state index >= 15 is 0 Å². The molecular formula is C72H67Cl2N25O7. The van der Waals surface area contributed by atoms with Crippen molar-refractivity contribution in [3.63, 3.8) is 0 Å². The van der Waals surface area contributed by atoms with Gasteiger partial charge in [-0.3, -0.25) is 65.2 Å². The second-order valence-corrected chi connectivity index (χ2v) is 23.5. The van der Waals surface area contributed by atoms with Crippen molar-refractivity contribution in [1.29, 1.82) is 0 Å². The number of carbonyl (C=O) groups is 5. The van der Waals surface area contributed by atoms with Gasteiger partial charge in [-0.2, -0.15) is 39.9 Å². The SMILES string of the molecule is Cc1nc(NC(=O)c2ccc(C(=O)N(C)C)cc2Cl)nc(-c2ccccn2)n1.Cc1nc(NC(=O)c2ccc(Cl)nc2C)nc(-c2ccccn2)n1.Cc1nc(NC(=O)c2ccc(N3CCOCC3)cc2)nc(-c2ccccn2)n1.Cc1nc(NC(=O)c2ccnc(NCCO)c2)nc(-c2ccccn2)n1. The van der Waals surface area contributed by atoms with Gasteiger partial charge in [0.25, 0.3) is 29.5 Å². The number of hydrogen-bond donors (Lipinski definition) is 6. The van der Waals surface area contributed by atoms with Crippen LogP contribution in [-0.2, 0) is 4.74 Å². The molecule has 0 radical (unpaired) electrons. The minimum absolute atomic E-state index is 0.0292. The Hall–Kier alpha value is -13.2. The van der Waals surface area contributed by atoms with Crippen molar-refractivity contribution in [3.05, 3.63) is 237 Å². The number of morpholine rings is 1. The van der Waals surface area contributed by atoms with E-state index < -0.39 is 5.91 Å². The van der Waals surface area contributed by atoms with Crippen LogP contribution < -0.4 is 31.5 Å². The summed E-state index contributed by atoms with van der Waals surface area (Å²) in [6.45, 7) is 12.1. The first-order chi connectivity index (χ1) is 51.2. The zero-order chi connectivity index (χ0) is 75.1. The Morgan fingerprint density at radius 2 is 0.858 bits per heavy atom. The number of nitrogens with one attached hydrogen (secondary N) is 5. The second-order valence-electron chi connectivity index (χ2n) is 22.7. The van der Waals surface area contributed by atoms with Gasteiger partial charge >= 0.3 is 0 Å². The van der Waals surface area contributed by atoms with Crippen LogP contribution in [0.4, 0.5) is 35.3 Å². The molecule has 10 aromatic heterocycles. The number of carbonyl (C=O) groups excluding carboxylic acids is 5. The largest absolute Gasteiger partial charge is 0.395 e. The maximum Gasteiger partial charge on any atom is 0.259 e. The van der Waals surface area contributed by atoms with E-state index in [2.05, 4.69) is 121 Å². The van der Waals surface area contributed by atoms with E-state index in [4.69, 9.17) is 33.0 Å². The number of benzene rings is 2. The molecule has 13 rings (SSSR count). The van der Waals surface area contributed by atoms with Crippen molar-refractivity contribution >= 4 is 88.0 Å². The number of anilines is 6. The van der Waals surface area contributed by atoms with Gasteiger partial charge in [-0.25, -0.2) is 29.9 Å². The molecule has 12 aromatic rings. The molecule has 0 saturated carbocycles. The number of aliphatic hydroxyl groups is 1. The maximum atomic E-state index is 12.6. The summed E-state index contributed by atoms with van der Waals surface area (Å²) in [4.78, 5) is 142. The lowest BCUT2D eigenvalue weighted by Gasteiger charge is -2.28. The summed E-state index contributed by atoms with van der Waals surface area (Å²) in [7, 11) is 3.28. The second kappa shape index (κ2) is 36.6. The molecule has 32 nitrogen and oxygen atoms in total. The molecule has 0 unspecified atom stereocenters. The first-order valence-corrected chi connectivity index (χ1v) is 33.2. The van der Waals surface area contributed by atoms with Crippen molar-refractivity contribution in [2.24, 2.45) is 0 Å². The normalized spacial score (nSPS) is 11.4. The van der Waals surface area contributed by atoms with Crippen LogP contribution in [0.5, 0.6) is 0 Å². The Morgan fingerprint density at radius 3 is 1.26 bits per heavy atom. The van der Waals surface area contributed by atoms with Crippen LogP contribution in [0.3, 0.4) is 0 Å². The number of amides is 5. The van der Waals surface area contributed by atoms with E-state index in [0.29, 0.717) is 115 Å². The van der Waals surface area contributed by atoms with Gasteiger partial charge in [-0.15, -0.1) is 0 Å². The van der Waals surface area contributed by atoms with Crippen molar-refractivity contribution < 1.29 is 33.8 Å². The number of aliphatic hydroxyl groups excluding tert-OH is 1. The quantitative estimate of drug-likeness (QED) is 0.0462. The van der Waals surface area contributed by atoms with E-state index in [9.17, 15) is 24.0 Å². The molecule has 0 spiro atoms. The van der Waals surface area contributed by atoms with Crippen LogP contribution in [0.2, 0.25) is 10.2 Å². The van der Waals surface area contributed by atoms with E-state index in [1.807, 2.05) is 48.5 Å². The monoisotopic (exact) mass is 1460 g/mol.